The van der Waals surface area contributed by atoms with Gasteiger partial charge in [0.25, 0.3) is 0 Å². The lowest BCUT2D eigenvalue weighted by Crippen LogP contribution is -2.19. The second kappa shape index (κ2) is 7.72. The van der Waals surface area contributed by atoms with E-state index in [0.717, 1.165) is 42.5 Å². The lowest BCUT2D eigenvalue weighted by Gasteiger charge is -2.17. The molecule has 3 aromatic rings. The molecule has 1 aromatic carbocycles. The van der Waals surface area contributed by atoms with Gasteiger partial charge >= 0.3 is 5.97 Å². The maximum atomic E-state index is 12.8. The first kappa shape index (κ1) is 20.9. The molecule has 0 amide bonds. The monoisotopic (exact) mass is 446 g/mol. The van der Waals surface area contributed by atoms with Crippen molar-refractivity contribution in [1.29, 1.82) is 0 Å². The molecule has 6 nitrogen and oxygen atoms in total. The third kappa shape index (κ3) is 3.21. The number of carboxylic acid groups (broad SMARTS) is 1. The summed E-state index contributed by atoms with van der Waals surface area (Å²) in [6, 6.07) is 6.07. The summed E-state index contributed by atoms with van der Waals surface area (Å²) in [6.07, 6.45) is 6.54. The first-order chi connectivity index (χ1) is 14.0. The second-order valence-corrected chi connectivity index (χ2v) is 8.94. The fraction of sp³-hybridized carbons (Fsp3) is 0.364. The third-order valence-electron chi connectivity index (χ3n) is 5.93. The molecule has 0 radical (unpaired) electrons. The molecular formula is C22H23ClN2O4S. The van der Waals surface area contributed by atoms with Crippen molar-refractivity contribution in [3.05, 3.63) is 50.6 Å². The van der Waals surface area contributed by atoms with Crippen LogP contribution in [0, 0.1) is 0 Å². The van der Waals surface area contributed by atoms with E-state index in [2.05, 4.69) is 6.07 Å². The second-order valence-electron chi connectivity index (χ2n) is 7.86. The van der Waals surface area contributed by atoms with E-state index in [1.54, 1.807) is 24.5 Å². The first-order valence-corrected chi connectivity index (χ1v) is 10.7. The highest BCUT2D eigenvalue weighted by atomic mass is 35.5. The normalized spacial score (nSPS) is 18.0. The largest absolute Gasteiger partial charge is 0.494 e. The number of rotatable bonds is 4. The molecule has 30 heavy (non-hydrogen) atoms. The van der Waals surface area contributed by atoms with E-state index in [9.17, 15) is 14.7 Å². The zero-order valence-corrected chi connectivity index (χ0v) is 18.1. The van der Waals surface area contributed by atoms with Crippen LogP contribution < -0.4 is 15.9 Å². The Bertz CT molecular complexity index is 1210. The van der Waals surface area contributed by atoms with Gasteiger partial charge in [0.15, 0.2) is 5.75 Å². The molecule has 2 aromatic heterocycles. The molecule has 5 rings (SSSR count). The topological polar surface area (TPSA) is 94.6 Å². The van der Waals surface area contributed by atoms with Crippen molar-refractivity contribution >= 4 is 40.6 Å². The fourth-order valence-corrected chi connectivity index (χ4v) is 5.61. The van der Waals surface area contributed by atoms with Crippen LogP contribution in [0.1, 0.15) is 58.6 Å². The Hall–Kier alpha value is -2.35. The summed E-state index contributed by atoms with van der Waals surface area (Å²) < 4.78 is 7.73. The number of hydrogen-bond donors (Lipinski definition) is 2. The number of pyridine rings is 1. The number of benzene rings is 1. The summed E-state index contributed by atoms with van der Waals surface area (Å²) in [7, 11) is 1.60. The first-order valence-electron chi connectivity index (χ1n) is 9.87. The minimum atomic E-state index is -1.20. The summed E-state index contributed by atoms with van der Waals surface area (Å²) in [5.41, 5.74) is 8.54. The van der Waals surface area contributed by atoms with Crippen LogP contribution in [0.25, 0.3) is 21.3 Å². The van der Waals surface area contributed by atoms with Crippen molar-refractivity contribution in [3.63, 3.8) is 0 Å². The quantitative estimate of drug-likeness (QED) is 0.614. The van der Waals surface area contributed by atoms with Crippen molar-refractivity contribution in [1.82, 2.24) is 4.57 Å². The van der Waals surface area contributed by atoms with Crippen LogP contribution in [0.3, 0.4) is 0 Å². The number of carboxylic acids is 1. The Balaban J connectivity index is 0.00000218. The maximum absolute atomic E-state index is 12.8. The number of nitrogens with zero attached hydrogens (tertiary/aromatic N) is 1. The van der Waals surface area contributed by atoms with E-state index < -0.39 is 11.4 Å². The van der Waals surface area contributed by atoms with Gasteiger partial charge in [0.1, 0.15) is 5.56 Å². The smallest absolute Gasteiger partial charge is 0.341 e. The highest BCUT2D eigenvalue weighted by Gasteiger charge is 2.30. The molecule has 2 heterocycles. The molecule has 158 valence electrons. The Kier molecular flexibility index (Phi) is 5.38. The molecule has 0 aliphatic heterocycles. The average Bonchev–Trinajstić information content (AvgIpc) is 3.45. The Morgan fingerprint density at radius 3 is 2.70 bits per heavy atom. The van der Waals surface area contributed by atoms with Crippen LogP contribution in [-0.2, 0) is 6.42 Å². The van der Waals surface area contributed by atoms with Gasteiger partial charge in [-0.15, -0.1) is 23.7 Å². The molecule has 0 bridgehead atoms. The Morgan fingerprint density at radius 2 is 2.07 bits per heavy atom. The average molecular weight is 447 g/mol. The van der Waals surface area contributed by atoms with Crippen LogP contribution in [0.2, 0.25) is 0 Å². The van der Waals surface area contributed by atoms with Crippen LogP contribution in [0.4, 0.5) is 0 Å². The number of carbonyl (C=O) groups is 1. The molecule has 0 spiro atoms. The Morgan fingerprint density at radius 1 is 1.30 bits per heavy atom. The van der Waals surface area contributed by atoms with E-state index in [1.807, 2.05) is 10.6 Å². The summed E-state index contributed by atoms with van der Waals surface area (Å²) in [6.45, 7) is 0. The number of halogens is 1. The number of aryl methyl sites for hydroxylation is 1. The van der Waals surface area contributed by atoms with Gasteiger partial charge in [0.05, 0.1) is 18.0 Å². The lowest BCUT2D eigenvalue weighted by atomic mass is 9.95. The van der Waals surface area contributed by atoms with Crippen molar-refractivity contribution < 1.29 is 14.6 Å². The van der Waals surface area contributed by atoms with Gasteiger partial charge in [-0.05, 0) is 55.9 Å². The van der Waals surface area contributed by atoms with Crippen LogP contribution >= 0.6 is 23.7 Å². The lowest BCUT2D eigenvalue weighted by molar-refractivity contribution is 0.0695. The number of hydrogen-bond acceptors (Lipinski definition) is 5. The number of aromatic carboxylic acids is 1. The minimum absolute atomic E-state index is 0. The van der Waals surface area contributed by atoms with Gasteiger partial charge in [-0.1, -0.05) is 0 Å². The molecule has 1 fully saturated rings. The van der Waals surface area contributed by atoms with E-state index in [1.165, 1.54) is 16.6 Å². The number of methoxy groups -OCH3 is 1. The summed E-state index contributed by atoms with van der Waals surface area (Å²) in [5.74, 6) is -0.579. The molecule has 8 heteroatoms. The molecule has 0 saturated heterocycles. The van der Waals surface area contributed by atoms with Crippen molar-refractivity contribution in [2.24, 2.45) is 5.73 Å². The van der Waals surface area contributed by atoms with Crippen molar-refractivity contribution in [2.75, 3.05) is 7.11 Å². The van der Waals surface area contributed by atoms with Gasteiger partial charge in [-0.25, -0.2) is 4.79 Å². The summed E-state index contributed by atoms with van der Waals surface area (Å²) in [5, 5.41) is 9.86. The van der Waals surface area contributed by atoms with Gasteiger partial charge in [-0.3, -0.25) is 4.79 Å². The van der Waals surface area contributed by atoms with Gasteiger partial charge in [0.2, 0.25) is 5.43 Å². The number of ether oxygens (including phenoxy) is 1. The number of fused-ring (bicyclic) bond motifs is 2. The standard InChI is InChI=1S/C22H22N2O4S.ClH/c1-28-20-13(17-9-11-3-2-4-16(23)21(11)29-17)7-8-14-18(20)24(12-5-6-12)10-15(19(14)25)22(26)27;/h7-10,12,16H,2-6,23H2,1H3,(H,26,27);1H. The predicted octanol–water partition coefficient (Wildman–Crippen LogP) is 4.53. The van der Waals surface area contributed by atoms with E-state index in [-0.39, 0.29) is 30.1 Å². The van der Waals surface area contributed by atoms with Crippen LogP contribution in [-0.4, -0.2) is 22.8 Å². The molecule has 1 unspecified atom stereocenters. The molecule has 2 aliphatic carbocycles. The number of thiophene rings is 1. The maximum Gasteiger partial charge on any atom is 0.341 e. The minimum Gasteiger partial charge on any atom is -0.494 e. The molecular weight excluding hydrogens is 424 g/mol. The van der Waals surface area contributed by atoms with E-state index >= 15 is 0 Å². The SMILES string of the molecule is COc1c(-c2cc3c(s2)C(N)CCC3)ccc2c(=O)c(C(=O)O)cn(C3CC3)c12.Cl. The van der Waals surface area contributed by atoms with Crippen molar-refractivity contribution in [2.45, 2.75) is 44.2 Å². The van der Waals surface area contributed by atoms with E-state index in [4.69, 9.17) is 10.5 Å². The molecule has 1 atom stereocenters. The molecule has 2 aliphatic rings. The highest BCUT2D eigenvalue weighted by Crippen LogP contribution is 2.46. The summed E-state index contributed by atoms with van der Waals surface area (Å²) in [4.78, 5) is 26.7. The Labute approximate surface area is 183 Å². The number of nitrogens with two attached hydrogens (primary N) is 1. The van der Waals surface area contributed by atoms with Crippen LogP contribution in [0.5, 0.6) is 5.75 Å². The van der Waals surface area contributed by atoms with Gasteiger partial charge < -0.3 is 20.1 Å². The van der Waals surface area contributed by atoms with Gasteiger partial charge in [-0.2, -0.15) is 0 Å². The third-order valence-corrected chi connectivity index (χ3v) is 7.27. The zero-order valence-electron chi connectivity index (χ0n) is 16.5. The molecule has 3 N–H and O–H groups in total. The number of aromatic nitrogens is 1. The van der Waals surface area contributed by atoms with Crippen molar-refractivity contribution in [3.8, 4) is 16.2 Å². The van der Waals surface area contributed by atoms with Gasteiger partial charge in [0, 0.05) is 33.6 Å². The zero-order chi connectivity index (χ0) is 20.3. The highest BCUT2D eigenvalue weighted by molar-refractivity contribution is 7.15. The summed E-state index contributed by atoms with van der Waals surface area (Å²) >= 11 is 1.69. The predicted molar refractivity (Wildman–Crippen MR) is 120 cm³/mol. The van der Waals surface area contributed by atoms with E-state index in [0.29, 0.717) is 16.7 Å². The van der Waals surface area contributed by atoms with Crippen LogP contribution in [0.15, 0.2) is 29.2 Å². The fourth-order valence-electron chi connectivity index (χ4n) is 4.34. The molecule has 1 saturated carbocycles.